The Bertz CT molecular complexity index is 516. The molecular formula is C16H20ClNO3. The number of para-hydroxylation sites is 1. The second-order valence-electron chi connectivity index (χ2n) is 4.98. The third-order valence-electron chi connectivity index (χ3n) is 3.33. The van der Waals surface area contributed by atoms with E-state index in [1.807, 2.05) is 0 Å². The minimum atomic E-state index is -0.0228. The van der Waals surface area contributed by atoms with Crippen LogP contribution in [-0.4, -0.2) is 26.2 Å². The van der Waals surface area contributed by atoms with Crippen molar-refractivity contribution in [1.29, 1.82) is 0 Å². The van der Waals surface area contributed by atoms with Gasteiger partial charge in [-0.1, -0.05) is 29.8 Å². The van der Waals surface area contributed by atoms with Crippen molar-refractivity contribution in [3.63, 3.8) is 0 Å². The predicted octanol–water partition coefficient (Wildman–Crippen LogP) is 3.66. The van der Waals surface area contributed by atoms with Crippen molar-refractivity contribution in [3.8, 4) is 5.75 Å². The molecule has 1 aromatic rings. The van der Waals surface area contributed by atoms with E-state index in [-0.39, 0.29) is 5.91 Å². The summed E-state index contributed by atoms with van der Waals surface area (Å²) >= 11 is 6.13. The number of amides is 1. The summed E-state index contributed by atoms with van der Waals surface area (Å²) in [4.78, 5) is 12.1. The number of rotatable bonds is 7. The molecule has 0 saturated heterocycles. The van der Waals surface area contributed by atoms with Crippen molar-refractivity contribution in [2.24, 2.45) is 5.92 Å². The van der Waals surface area contributed by atoms with Crippen LogP contribution in [-0.2, 0) is 9.53 Å². The maximum absolute atomic E-state index is 12.1. The standard InChI is InChI=1S/C16H20ClNO3/c1-20-9-10-21-16-13(17)7-4-8-14(16)18-15(19)11-12-5-2-3-6-12/h2,4-5,7-8,12H,3,6,9-11H2,1H3,(H,18,19)/t12-/m1/s1. The second-order valence-corrected chi connectivity index (χ2v) is 5.38. The molecule has 1 N–H and O–H groups in total. The van der Waals surface area contributed by atoms with E-state index in [1.165, 1.54) is 0 Å². The lowest BCUT2D eigenvalue weighted by Gasteiger charge is -2.14. The van der Waals surface area contributed by atoms with Crippen LogP contribution in [0.1, 0.15) is 19.3 Å². The first-order chi connectivity index (χ1) is 10.2. The molecule has 1 aromatic carbocycles. The number of hydrogen-bond donors (Lipinski definition) is 1. The van der Waals surface area contributed by atoms with E-state index in [2.05, 4.69) is 17.5 Å². The zero-order valence-electron chi connectivity index (χ0n) is 12.1. The van der Waals surface area contributed by atoms with Crippen LogP contribution in [0.2, 0.25) is 5.02 Å². The van der Waals surface area contributed by atoms with E-state index in [9.17, 15) is 4.79 Å². The molecule has 0 unspecified atom stereocenters. The Kier molecular flexibility index (Phi) is 6.08. The molecule has 21 heavy (non-hydrogen) atoms. The molecule has 0 spiro atoms. The molecule has 1 aliphatic rings. The van der Waals surface area contributed by atoms with Crippen LogP contribution in [0.4, 0.5) is 5.69 Å². The van der Waals surface area contributed by atoms with Crippen LogP contribution in [0.25, 0.3) is 0 Å². The third-order valence-corrected chi connectivity index (χ3v) is 3.63. The van der Waals surface area contributed by atoms with Crippen molar-refractivity contribution in [1.82, 2.24) is 0 Å². The average molecular weight is 310 g/mol. The van der Waals surface area contributed by atoms with E-state index in [1.54, 1.807) is 25.3 Å². The first-order valence-corrected chi connectivity index (χ1v) is 7.45. The molecular weight excluding hydrogens is 290 g/mol. The summed E-state index contributed by atoms with van der Waals surface area (Å²) < 4.78 is 10.5. The van der Waals surface area contributed by atoms with Gasteiger partial charge in [-0.3, -0.25) is 4.79 Å². The number of benzene rings is 1. The van der Waals surface area contributed by atoms with Crippen molar-refractivity contribution >= 4 is 23.2 Å². The minimum absolute atomic E-state index is 0.0228. The van der Waals surface area contributed by atoms with Crippen molar-refractivity contribution < 1.29 is 14.3 Å². The van der Waals surface area contributed by atoms with E-state index >= 15 is 0 Å². The highest BCUT2D eigenvalue weighted by atomic mass is 35.5. The Morgan fingerprint density at radius 2 is 2.29 bits per heavy atom. The van der Waals surface area contributed by atoms with Crippen molar-refractivity contribution in [2.45, 2.75) is 19.3 Å². The summed E-state index contributed by atoms with van der Waals surface area (Å²) in [6.45, 7) is 0.847. The summed E-state index contributed by atoms with van der Waals surface area (Å²) in [6, 6.07) is 5.31. The van der Waals surface area contributed by atoms with Gasteiger partial charge in [-0.2, -0.15) is 0 Å². The Morgan fingerprint density at radius 3 is 3.00 bits per heavy atom. The Labute approximate surface area is 130 Å². The van der Waals surface area contributed by atoms with Crippen LogP contribution in [0.15, 0.2) is 30.4 Å². The summed E-state index contributed by atoms with van der Waals surface area (Å²) in [5.74, 6) is 0.805. The Hall–Kier alpha value is -1.52. The highest BCUT2D eigenvalue weighted by molar-refractivity contribution is 6.32. The fourth-order valence-corrected chi connectivity index (χ4v) is 2.51. The number of ether oxygens (including phenoxy) is 2. The molecule has 0 aromatic heterocycles. The largest absolute Gasteiger partial charge is 0.487 e. The Morgan fingerprint density at radius 1 is 1.43 bits per heavy atom. The number of carbonyl (C=O) groups is 1. The summed E-state index contributed by atoms with van der Waals surface area (Å²) in [7, 11) is 1.60. The topological polar surface area (TPSA) is 47.6 Å². The van der Waals surface area contributed by atoms with Gasteiger partial charge in [0.25, 0.3) is 0 Å². The normalized spacial score (nSPS) is 17.0. The summed E-state index contributed by atoms with van der Waals surface area (Å²) in [5, 5.41) is 3.36. The van der Waals surface area contributed by atoms with Gasteiger partial charge in [0.1, 0.15) is 6.61 Å². The lowest BCUT2D eigenvalue weighted by atomic mass is 10.1. The third kappa shape index (κ3) is 4.76. The van der Waals surface area contributed by atoms with Gasteiger partial charge < -0.3 is 14.8 Å². The lowest BCUT2D eigenvalue weighted by Crippen LogP contribution is -2.16. The molecule has 0 fully saturated rings. The van der Waals surface area contributed by atoms with Crippen LogP contribution in [0.3, 0.4) is 0 Å². The smallest absolute Gasteiger partial charge is 0.225 e. The van der Waals surface area contributed by atoms with Gasteiger partial charge in [0, 0.05) is 13.5 Å². The lowest BCUT2D eigenvalue weighted by molar-refractivity contribution is -0.116. The first-order valence-electron chi connectivity index (χ1n) is 7.07. The minimum Gasteiger partial charge on any atom is -0.487 e. The predicted molar refractivity (Wildman–Crippen MR) is 83.9 cm³/mol. The monoisotopic (exact) mass is 309 g/mol. The molecule has 0 radical (unpaired) electrons. The highest BCUT2D eigenvalue weighted by Crippen LogP contribution is 2.33. The molecule has 5 heteroatoms. The molecule has 2 rings (SSSR count). The summed E-state index contributed by atoms with van der Waals surface area (Å²) in [6.07, 6.45) is 6.81. The van der Waals surface area contributed by atoms with Gasteiger partial charge in [0.15, 0.2) is 5.75 Å². The number of methoxy groups -OCH3 is 1. The number of nitrogens with one attached hydrogen (secondary N) is 1. The van der Waals surface area contributed by atoms with Gasteiger partial charge in [0.05, 0.1) is 17.3 Å². The average Bonchev–Trinajstić information content (AvgIpc) is 2.94. The Balaban J connectivity index is 1.99. The number of hydrogen-bond acceptors (Lipinski definition) is 3. The maximum Gasteiger partial charge on any atom is 0.225 e. The zero-order valence-corrected chi connectivity index (χ0v) is 12.9. The summed E-state index contributed by atoms with van der Waals surface area (Å²) in [5.41, 5.74) is 0.602. The van der Waals surface area contributed by atoms with Crippen LogP contribution < -0.4 is 10.1 Å². The fourth-order valence-electron chi connectivity index (χ4n) is 2.29. The van der Waals surface area contributed by atoms with Gasteiger partial charge in [-0.25, -0.2) is 0 Å². The highest BCUT2D eigenvalue weighted by Gasteiger charge is 2.16. The van der Waals surface area contributed by atoms with Crippen molar-refractivity contribution in [2.75, 3.05) is 25.6 Å². The van der Waals surface area contributed by atoms with E-state index in [4.69, 9.17) is 21.1 Å². The number of anilines is 1. The van der Waals surface area contributed by atoms with Crippen molar-refractivity contribution in [3.05, 3.63) is 35.4 Å². The number of allylic oxidation sites excluding steroid dienone is 2. The molecule has 114 valence electrons. The van der Waals surface area contributed by atoms with Gasteiger partial charge >= 0.3 is 0 Å². The number of halogens is 1. The second kappa shape index (κ2) is 8.05. The molecule has 0 bridgehead atoms. The molecule has 1 atom stereocenters. The zero-order chi connectivity index (χ0) is 15.1. The molecule has 1 amide bonds. The number of carbonyl (C=O) groups excluding carboxylic acids is 1. The fraction of sp³-hybridized carbons (Fsp3) is 0.438. The van der Waals surface area contributed by atoms with E-state index in [0.29, 0.717) is 42.0 Å². The molecule has 0 heterocycles. The van der Waals surface area contributed by atoms with Gasteiger partial charge in [-0.15, -0.1) is 0 Å². The maximum atomic E-state index is 12.1. The first kappa shape index (κ1) is 15.9. The molecule has 1 aliphatic carbocycles. The SMILES string of the molecule is COCCOc1c(Cl)cccc1NC(=O)C[C@@H]1C=CCC1. The van der Waals surface area contributed by atoms with Gasteiger partial charge in [-0.05, 0) is 30.9 Å². The van der Waals surface area contributed by atoms with E-state index in [0.717, 1.165) is 12.8 Å². The van der Waals surface area contributed by atoms with Crippen LogP contribution >= 0.6 is 11.6 Å². The molecule has 0 aliphatic heterocycles. The van der Waals surface area contributed by atoms with Crippen LogP contribution in [0.5, 0.6) is 5.75 Å². The van der Waals surface area contributed by atoms with E-state index < -0.39 is 0 Å². The quantitative estimate of drug-likeness (QED) is 0.617. The van der Waals surface area contributed by atoms with Crippen LogP contribution in [0, 0.1) is 5.92 Å². The molecule has 4 nitrogen and oxygen atoms in total. The molecule has 0 saturated carbocycles. The van der Waals surface area contributed by atoms with Gasteiger partial charge in [0.2, 0.25) is 5.91 Å².